The van der Waals surface area contributed by atoms with Crippen molar-refractivity contribution in [2.75, 3.05) is 13.1 Å². The van der Waals surface area contributed by atoms with Gasteiger partial charge in [0.1, 0.15) is 5.82 Å². The van der Waals surface area contributed by atoms with Gasteiger partial charge in [0.2, 0.25) is 0 Å². The van der Waals surface area contributed by atoms with Crippen molar-refractivity contribution < 1.29 is 9.18 Å². The molecule has 0 spiro atoms. The second-order valence-corrected chi connectivity index (χ2v) is 6.43. The van der Waals surface area contributed by atoms with E-state index in [4.69, 9.17) is 0 Å². The zero-order chi connectivity index (χ0) is 16.2. The van der Waals surface area contributed by atoms with Crippen LogP contribution < -0.4 is 0 Å². The van der Waals surface area contributed by atoms with E-state index in [0.717, 1.165) is 37.9 Å². The van der Waals surface area contributed by atoms with Gasteiger partial charge in [-0.1, -0.05) is 29.8 Å². The van der Waals surface area contributed by atoms with E-state index < -0.39 is 0 Å². The van der Waals surface area contributed by atoms with Gasteiger partial charge in [0.25, 0.3) is 5.91 Å². The molecule has 1 heterocycles. The van der Waals surface area contributed by atoms with Crippen molar-refractivity contribution in [3.05, 3.63) is 71.0 Å². The highest BCUT2D eigenvalue weighted by molar-refractivity contribution is 5.94. The average molecular weight is 311 g/mol. The minimum atomic E-state index is -0.188. The number of amides is 1. The quantitative estimate of drug-likeness (QED) is 0.830. The lowest BCUT2D eigenvalue weighted by Gasteiger charge is -2.32. The standard InChI is InChI=1S/C20H22FNO/c1-15-2-6-18(7-3-15)20(23)22-12-10-17(11-13-22)14-16-4-8-19(21)9-5-16/h2-9,17H,10-14H2,1H3. The summed E-state index contributed by atoms with van der Waals surface area (Å²) in [5, 5.41) is 0. The Balaban J connectivity index is 1.54. The van der Waals surface area contributed by atoms with Crippen LogP contribution in [0.4, 0.5) is 4.39 Å². The Labute approximate surface area is 136 Å². The molecule has 1 amide bonds. The van der Waals surface area contributed by atoms with Gasteiger partial charge in [-0.3, -0.25) is 4.79 Å². The van der Waals surface area contributed by atoms with Crippen LogP contribution in [0.5, 0.6) is 0 Å². The minimum absolute atomic E-state index is 0.130. The normalized spacial score (nSPS) is 15.7. The highest BCUT2D eigenvalue weighted by Crippen LogP contribution is 2.23. The van der Waals surface area contributed by atoms with E-state index in [1.807, 2.05) is 48.2 Å². The average Bonchev–Trinajstić information content (AvgIpc) is 2.58. The van der Waals surface area contributed by atoms with E-state index >= 15 is 0 Å². The summed E-state index contributed by atoms with van der Waals surface area (Å²) in [4.78, 5) is 14.4. The molecule has 2 aromatic carbocycles. The maximum absolute atomic E-state index is 12.9. The number of hydrogen-bond donors (Lipinski definition) is 0. The third kappa shape index (κ3) is 3.98. The molecular formula is C20H22FNO. The number of carbonyl (C=O) groups excluding carboxylic acids is 1. The molecule has 0 bridgehead atoms. The number of likely N-dealkylation sites (tertiary alicyclic amines) is 1. The highest BCUT2D eigenvalue weighted by atomic mass is 19.1. The third-order valence-corrected chi connectivity index (χ3v) is 4.64. The summed E-state index contributed by atoms with van der Waals surface area (Å²) >= 11 is 0. The molecule has 1 fully saturated rings. The van der Waals surface area contributed by atoms with Crippen molar-refractivity contribution in [1.29, 1.82) is 0 Å². The van der Waals surface area contributed by atoms with Crippen LogP contribution in [-0.2, 0) is 6.42 Å². The lowest BCUT2D eigenvalue weighted by molar-refractivity contribution is 0.0690. The van der Waals surface area contributed by atoms with Gasteiger partial charge in [0, 0.05) is 18.7 Å². The predicted molar refractivity (Wildman–Crippen MR) is 89.9 cm³/mol. The monoisotopic (exact) mass is 311 g/mol. The highest BCUT2D eigenvalue weighted by Gasteiger charge is 2.23. The first kappa shape index (κ1) is 15.7. The summed E-state index contributed by atoms with van der Waals surface area (Å²) in [6.07, 6.45) is 2.98. The maximum Gasteiger partial charge on any atom is 0.253 e. The maximum atomic E-state index is 12.9. The number of aryl methyl sites for hydroxylation is 1. The van der Waals surface area contributed by atoms with Crippen molar-refractivity contribution >= 4 is 5.91 Å². The van der Waals surface area contributed by atoms with Gasteiger partial charge in [-0.05, 0) is 61.9 Å². The minimum Gasteiger partial charge on any atom is -0.339 e. The molecule has 1 aliphatic heterocycles. The van der Waals surface area contributed by atoms with Gasteiger partial charge in [0.15, 0.2) is 0 Å². The predicted octanol–water partition coefficient (Wildman–Crippen LogP) is 4.23. The molecule has 0 unspecified atom stereocenters. The Hall–Kier alpha value is -2.16. The first-order valence-corrected chi connectivity index (χ1v) is 8.22. The third-order valence-electron chi connectivity index (χ3n) is 4.64. The molecular weight excluding hydrogens is 289 g/mol. The molecule has 2 nitrogen and oxygen atoms in total. The molecule has 0 aliphatic carbocycles. The van der Waals surface area contributed by atoms with Crippen LogP contribution in [0.2, 0.25) is 0 Å². The lowest BCUT2D eigenvalue weighted by Crippen LogP contribution is -2.38. The Kier molecular flexibility index (Phi) is 4.75. The first-order valence-electron chi connectivity index (χ1n) is 8.22. The number of nitrogens with zero attached hydrogens (tertiary/aromatic N) is 1. The molecule has 0 aromatic heterocycles. The summed E-state index contributed by atoms with van der Waals surface area (Å²) in [7, 11) is 0. The van der Waals surface area contributed by atoms with Crippen LogP contribution in [0.3, 0.4) is 0 Å². The van der Waals surface area contributed by atoms with Crippen molar-refractivity contribution in [1.82, 2.24) is 4.90 Å². The SMILES string of the molecule is Cc1ccc(C(=O)N2CCC(Cc3ccc(F)cc3)CC2)cc1. The molecule has 0 N–H and O–H groups in total. The summed E-state index contributed by atoms with van der Waals surface area (Å²) < 4.78 is 12.9. The molecule has 120 valence electrons. The van der Waals surface area contributed by atoms with Gasteiger partial charge in [-0.2, -0.15) is 0 Å². The van der Waals surface area contributed by atoms with E-state index in [1.54, 1.807) is 0 Å². The van der Waals surface area contributed by atoms with Gasteiger partial charge < -0.3 is 4.90 Å². The van der Waals surface area contributed by atoms with Gasteiger partial charge in [0.05, 0.1) is 0 Å². The van der Waals surface area contributed by atoms with Gasteiger partial charge in [-0.25, -0.2) is 4.39 Å². The summed E-state index contributed by atoms with van der Waals surface area (Å²) in [5.41, 5.74) is 3.11. The molecule has 3 heteroatoms. The number of hydrogen-bond acceptors (Lipinski definition) is 1. The van der Waals surface area contributed by atoms with Crippen molar-refractivity contribution in [3.8, 4) is 0 Å². The molecule has 0 saturated carbocycles. The Morgan fingerprint density at radius 1 is 1.04 bits per heavy atom. The van der Waals surface area contributed by atoms with Crippen LogP contribution in [0, 0.1) is 18.7 Å². The second-order valence-electron chi connectivity index (χ2n) is 6.43. The molecule has 1 aliphatic rings. The topological polar surface area (TPSA) is 20.3 Å². The van der Waals surface area contributed by atoms with Crippen LogP contribution in [-0.4, -0.2) is 23.9 Å². The summed E-state index contributed by atoms with van der Waals surface area (Å²) in [5.74, 6) is 0.514. The smallest absolute Gasteiger partial charge is 0.253 e. The number of benzene rings is 2. The Bertz CT molecular complexity index is 655. The van der Waals surface area contributed by atoms with Crippen molar-refractivity contribution in [3.63, 3.8) is 0 Å². The zero-order valence-corrected chi connectivity index (χ0v) is 13.5. The number of piperidine rings is 1. The number of halogens is 1. The summed E-state index contributed by atoms with van der Waals surface area (Å²) in [6.45, 7) is 3.63. The van der Waals surface area contributed by atoms with Gasteiger partial charge >= 0.3 is 0 Å². The molecule has 0 radical (unpaired) electrons. The second kappa shape index (κ2) is 6.95. The van der Waals surface area contributed by atoms with Crippen molar-refractivity contribution in [2.45, 2.75) is 26.2 Å². The van der Waals surface area contributed by atoms with Gasteiger partial charge in [-0.15, -0.1) is 0 Å². The van der Waals surface area contributed by atoms with Crippen LogP contribution >= 0.6 is 0 Å². The number of rotatable bonds is 3. The Morgan fingerprint density at radius 3 is 2.26 bits per heavy atom. The van der Waals surface area contributed by atoms with E-state index in [1.165, 1.54) is 23.3 Å². The van der Waals surface area contributed by atoms with E-state index in [2.05, 4.69) is 0 Å². The molecule has 0 atom stereocenters. The fraction of sp³-hybridized carbons (Fsp3) is 0.350. The molecule has 1 saturated heterocycles. The summed E-state index contributed by atoms with van der Waals surface area (Å²) in [6, 6.07) is 14.5. The van der Waals surface area contributed by atoms with E-state index in [-0.39, 0.29) is 11.7 Å². The van der Waals surface area contributed by atoms with Crippen molar-refractivity contribution in [2.24, 2.45) is 5.92 Å². The largest absolute Gasteiger partial charge is 0.339 e. The van der Waals surface area contributed by atoms with E-state index in [9.17, 15) is 9.18 Å². The number of carbonyl (C=O) groups is 1. The molecule has 23 heavy (non-hydrogen) atoms. The molecule has 3 rings (SSSR count). The zero-order valence-electron chi connectivity index (χ0n) is 13.5. The lowest BCUT2D eigenvalue weighted by atomic mass is 9.90. The first-order chi connectivity index (χ1) is 11.1. The van der Waals surface area contributed by atoms with E-state index in [0.29, 0.717) is 5.92 Å². The fourth-order valence-corrected chi connectivity index (χ4v) is 3.17. The van der Waals surface area contributed by atoms with Crippen LogP contribution in [0.15, 0.2) is 48.5 Å². The van der Waals surface area contributed by atoms with Crippen LogP contribution in [0.25, 0.3) is 0 Å². The Morgan fingerprint density at radius 2 is 1.65 bits per heavy atom. The molecule has 2 aromatic rings. The van der Waals surface area contributed by atoms with Crippen LogP contribution in [0.1, 0.15) is 34.3 Å². The fourth-order valence-electron chi connectivity index (χ4n) is 3.17.